The third-order valence-corrected chi connectivity index (χ3v) is 2.92. The van der Waals surface area contributed by atoms with E-state index in [9.17, 15) is 0 Å². The van der Waals surface area contributed by atoms with Gasteiger partial charge >= 0.3 is 0 Å². The SMILES string of the molecule is Nc1ncccc1Nc1ccccc1I. The number of nitrogen functional groups attached to an aromatic ring is 1. The lowest BCUT2D eigenvalue weighted by molar-refractivity contribution is 1.33. The third kappa shape index (κ3) is 2.38. The Morgan fingerprint density at radius 1 is 1.07 bits per heavy atom. The molecule has 0 atom stereocenters. The predicted octanol–water partition coefficient (Wildman–Crippen LogP) is 3.01. The molecule has 0 radical (unpaired) electrons. The smallest absolute Gasteiger partial charge is 0.147 e. The zero-order chi connectivity index (χ0) is 10.7. The first kappa shape index (κ1) is 10.2. The van der Waals surface area contributed by atoms with Crippen molar-refractivity contribution in [2.75, 3.05) is 11.1 Å². The Morgan fingerprint density at radius 3 is 2.53 bits per heavy atom. The van der Waals surface area contributed by atoms with Crippen LogP contribution in [-0.4, -0.2) is 4.98 Å². The number of anilines is 3. The fraction of sp³-hybridized carbons (Fsp3) is 0. The molecule has 0 unspecified atom stereocenters. The normalized spacial score (nSPS) is 9.93. The fourth-order valence-corrected chi connectivity index (χ4v) is 1.75. The van der Waals surface area contributed by atoms with Crippen LogP contribution in [0, 0.1) is 3.57 Å². The van der Waals surface area contributed by atoms with Gasteiger partial charge in [0.1, 0.15) is 5.82 Å². The van der Waals surface area contributed by atoms with Gasteiger partial charge in [0.2, 0.25) is 0 Å². The molecule has 0 saturated heterocycles. The summed E-state index contributed by atoms with van der Waals surface area (Å²) in [6.07, 6.45) is 1.68. The van der Waals surface area contributed by atoms with Gasteiger partial charge in [0.05, 0.1) is 11.4 Å². The number of nitrogens with two attached hydrogens (primary N) is 1. The van der Waals surface area contributed by atoms with Crippen LogP contribution in [0.3, 0.4) is 0 Å². The van der Waals surface area contributed by atoms with Crippen LogP contribution in [0.4, 0.5) is 17.2 Å². The summed E-state index contributed by atoms with van der Waals surface area (Å²) in [5.41, 5.74) is 7.62. The Morgan fingerprint density at radius 2 is 1.80 bits per heavy atom. The molecule has 0 fully saturated rings. The number of pyridine rings is 1. The molecular formula is C11H10IN3. The summed E-state index contributed by atoms with van der Waals surface area (Å²) >= 11 is 2.28. The van der Waals surface area contributed by atoms with Crippen LogP contribution >= 0.6 is 22.6 Å². The lowest BCUT2D eigenvalue weighted by atomic mass is 10.3. The van der Waals surface area contributed by atoms with E-state index in [0.717, 1.165) is 14.9 Å². The number of rotatable bonds is 2. The number of hydrogen-bond donors (Lipinski definition) is 2. The van der Waals surface area contributed by atoms with Crippen LogP contribution in [0.25, 0.3) is 0 Å². The summed E-state index contributed by atoms with van der Waals surface area (Å²) in [5.74, 6) is 0.511. The molecule has 0 bridgehead atoms. The van der Waals surface area contributed by atoms with Gasteiger partial charge in [-0.15, -0.1) is 0 Å². The van der Waals surface area contributed by atoms with Gasteiger partial charge in [-0.25, -0.2) is 4.98 Å². The van der Waals surface area contributed by atoms with Gasteiger partial charge in [-0.2, -0.15) is 0 Å². The summed E-state index contributed by atoms with van der Waals surface area (Å²) in [4.78, 5) is 4.02. The van der Waals surface area contributed by atoms with E-state index < -0.39 is 0 Å². The standard InChI is InChI=1S/C11H10IN3/c12-8-4-1-2-5-9(8)15-10-6-3-7-14-11(10)13/h1-7,15H,(H2,13,14). The molecule has 0 spiro atoms. The lowest BCUT2D eigenvalue weighted by Crippen LogP contribution is -1.99. The second-order valence-electron chi connectivity index (χ2n) is 3.04. The molecule has 4 heteroatoms. The molecule has 15 heavy (non-hydrogen) atoms. The van der Waals surface area contributed by atoms with Gasteiger partial charge in [-0.05, 0) is 46.9 Å². The zero-order valence-corrected chi connectivity index (χ0v) is 10.1. The fourth-order valence-electron chi connectivity index (χ4n) is 1.23. The first-order valence-electron chi connectivity index (χ1n) is 4.49. The number of nitrogens with zero attached hydrogens (tertiary/aromatic N) is 1. The van der Waals surface area contributed by atoms with Crippen LogP contribution in [0.5, 0.6) is 0 Å². The average molecular weight is 311 g/mol. The summed E-state index contributed by atoms with van der Waals surface area (Å²) in [7, 11) is 0. The van der Waals surface area contributed by atoms with Crippen LogP contribution in [0.15, 0.2) is 42.6 Å². The van der Waals surface area contributed by atoms with Crippen molar-refractivity contribution in [3.05, 3.63) is 46.2 Å². The Hall–Kier alpha value is -1.30. The highest BCUT2D eigenvalue weighted by Crippen LogP contribution is 2.24. The van der Waals surface area contributed by atoms with Crippen molar-refractivity contribution in [2.45, 2.75) is 0 Å². The van der Waals surface area contributed by atoms with Crippen LogP contribution in [-0.2, 0) is 0 Å². The first-order chi connectivity index (χ1) is 7.27. The van der Waals surface area contributed by atoms with E-state index in [1.54, 1.807) is 6.20 Å². The van der Waals surface area contributed by atoms with Crippen molar-refractivity contribution in [1.82, 2.24) is 4.98 Å². The van der Waals surface area contributed by atoms with Crippen LogP contribution < -0.4 is 11.1 Å². The second kappa shape index (κ2) is 4.48. The van der Waals surface area contributed by atoms with Crippen molar-refractivity contribution < 1.29 is 0 Å². The minimum Gasteiger partial charge on any atom is -0.382 e. The Kier molecular flexibility index (Phi) is 3.05. The highest BCUT2D eigenvalue weighted by molar-refractivity contribution is 14.1. The molecule has 2 aromatic rings. The number of benzene rings is 1. The summed E-state index contributed by atoms with van der Waals surface area (Å²) in [6.45, 7) is 0. The highest BCUT2D eigenvalue weighted by atomic mass is 127. The first-order valence-corrected chi connectivity index (χ1v) is 5.57. The number of nitrogens with one attached hydrogen (secondary N) is 1. The van der Waals surface area contributed by atoms with Gasteiger partial charge in [0.15, 0.2) is 0 Å². The molecule has 1 heterocycles. The number of aromatic nitrogens is 1. The Labute approximate surface area is 102 Å². The van der Waals surface area contributed by atoms with Gasteiger partial charge in [0, 0.05) is 9.77 Å². The average Bonchev–Trinajstić information content (AvgIpc) is 2.24. The minimum absolute atomic E-state index is 0.511. The molecule has 1 aromatic carbocycles. The van der Waals surface area contributed by atoms with Crippen LogP contribution in [0.1, 0.15) is 0 Å². The second-order valence-corrected chi connectivity index (χ2v) is 4.20. The predicted molar refractivity (Wildman–Crippen MR) is 71.1 cm³/mol. The maximum Gasteiger partial charge on any atom is 0.147 e. The molecule has 0 amide bonds. The van der Waals surface area contributed by atoms with Crippen LogP contribution in [0.2, 0.25) is 0 Å². The highest BCUT2D eigenvalue weighted by Gasteiger charge is 2.01. The van der Waals surface area contributed by atoms with Gasteiger partial charge in [0.25, 0.3) is 0 Å². The zero-order valence-electron chi connectivity index (χ0n) is 7.94. The lowest BCUT2D eigenvalue weighted by Gasteiger charge is -2.09. The van der Waals surface area contributed by atoms with E-state index in [2.05, 4.69) is 32.9 Å². The largest absolute Gasteiger partial charge is 0.382 e. The van der Waals surface area contributed by atoms with Gasteiger partial charge in [-0.3, -0.25) is 0 Å². The summed E-state index contributed by atoms with van der Waals surface area (Å²) < 4.78 is 1.15. The van der Waals surface area contributed by atoms with Crippen molar-refractivity contribution in [3.63, 3.8) is 0 Å². The molecule has 0 aliphatic heterocycles. The molecule has 76 valence electrons. The molecule has 0 saturated carbocycles. The maximum atomic E-state index is 5.74. The van der Waals surface area contributed by atoms with E-state index in [1.807, 2.05) is 36.4 Å². The molecule has 0 aliphatic rings. The number of hydrogen-bond acceptors (Lipinski definition) is 3. The van der Waals surface area contributed by atoms with Crippen molar-refractivity contribution >= 4 is 39.8 Å². The summed E-state index contributed by atoms with van der Waals surface area (Å²) in [5, 5.41) is 3.25. The van der Waals surface area contributed by atoms with E-state index in [0.29, 0.717) is 5.82 Å². The number of para-hydroxylation sites is 1. The topological polar surface area (TPSA) is 50.9 Å². The van der Waals surface area contributed by atoms with Gasteiger partial charge < -0.3 is 11.1 Å². The molecule has 3 nitrogen and oxygen atoms in total. The monoisotopic (exact) mass is 311 g/mol. The Balaban J connectivity index is 2.30. The van der Waals surface area contributed by atoms with E-state index in [4.69, 9.17) is 5.73 Å². The van der Waals surface area contributed by atoms with Crippen molar-refractivity contribution in [1.29, 1.82) is 0 Å². The molecule has 1 aromatic heterocycles. The van der Waals surface area contributed by atoms with Crippen molar-refractivity contribution in [2.24, 2.45) is 0 Å². The maximum absolute atomic E-state index is 5.74. The van der Waals surface area contributed by atoms with Gasteiger partial charge in [-0.1, -0.05) is 12.1 Å². The molecule has 0 aliphatic carbocycles. The quantitative estimate of drug-likeness (QED) is 0.838. The Bertz CT molecular complexity index is 427. The van der Waals surface area contributed by atoms with E-state index in [1.165, 1.54) is 0 Å². The van der Waals surface area contributed by atoms with E-state index in [-0.39, 0.29) is 0 Å². The minimum atomic E-state index is 0.511. The molecule has 2 rings (SSSR count). The van der Waals surface area contributed by atoms with Crippen molar-refractivity contribution in [3.8, 4) is 0 Å². The summed E-state index contributed by atoms with van der Waals surface area (Å²) in [6, 6.07) is 11.8. The number of halogens is 1. The van der Waals surface area contributed by atoms with E-state index >= 15 is 0 Å². The molecule has 3 N–H and O–H groups in total. The third-order valence-electron chi connectivity index (χ3n) is 1.98. The molecular weight excluding hydrogens is 301 g/mol.